The molecule has 0 spiro atoms. The fraction of sp³-hybridized carbons (Fsp3) is 0.500. The Bertz CT molecular complexity index is 827. The van der Waals surface area contributed by atoms with Crippen molar-refractivity contribution in [1.29, 1.82) is 0 Å². The van der Waals surface area contributed by atoms with Crippen LogP contribution >= 0.6 is 0 Å². The first-order valence-electron chi connectivity index (χ1n) is 9.34. The van der Waals surface area contributed by atoms with Gasteiger partial charge in [-0.3, -0.25) is 9.89 Å². The van der Waals surface area contributed by atoms with Gasteiger partial charge in [-0.25, -0.2) is 0 Å². The number of methoxy groups -OCH3 is 2. The van der Waals surface area contributed by atoms with Gasteiger partial charge in [-0.05, 0) is 30.9 Å². The Morgan fingerprint density at radius 1 is 1.26 bits per heavy atom. The molecule has 1 amide bonds. The highest BCUT2D eigenvalue weighted by atomic mass is 16.5. The van der Waals surface area contributed by atoms with E-state index in [1.807, 2.05) is 23.1 Å². The Morgan fingerprint density at radius 2 is 2.07 bits per heavy atom. The third kappa shape index (κ3) is 3.39. The number of carbonyl (C=O) groups excluding carboxylic acids is 1. The summed E-state index contributed by atoms with van der Waals surface area (Å²) < 4.78 is 16.4. The van der Waals surface area contributed by atoms with Crippen LogP contribution in [-0.4, -0.2) is 55.0 Å². The molecule has 3 heterocycles. The molecule has 0 bridgehead atoms. The molecule has 4 rings (SSSR count). The molecule has 7 heteroatoms. The average Bonchev–Trinajstić information content (AvgIpc) is 3.10. The summed E-state index contributed by atoms with van der Waals surface area (Å²) in [5.74, 6) is 1.95. The molecule has 2 aromatic rings. The molecule has 144 valence electrons. The quantitative estimate of drug-likeness (QED) is 0.873. The van der Waals surface area contributed by atoms with Crippen molar-refractivity contribution in [3.63, 3.8) is 0 Å². The predicted molar refractivity (Wildman–Crippen MR) is 99.8 cm³/mol. The summed E-state index contributed by atoms with van der Waals surface area (Å²) in [4.78, 5) is 14.7. The first-order chi connectivity index (χ1) is 13.2. The molecule has 1 saturated heterocycles. The molecule has 2 aliphatic heterocycles. The van der Waals surface area contributed by atoms with Crippen molar-refractivity contribution in [3.8, 4) is 22.8 Å². The van der Waals surface area contributed by atoms with Gasteiger partial charge in [0.25, 0.3) is 0 Å². The summed E-state index contributed by atoms with van der Waals surface area (Å²) in [6.07, 6.45) is 2.39. The molecule has 27 heavy (non-hydrogen) atoms. The molecule has 0 unspecified atom stereocenters. The number of aromatic nitrogens is 2. The molecule has 0 saturated carbocycles. The first kappa shape index (κ1) is 17.9. The molecule has 0 atom stereocenters. The van der Waals surface area contributed by atoms with Gasteiger partial charge in [0.15, 0.2) is 11.5 Å². The maximum Gasteiger partial charge on any atom is 0.227 e. The number of H-pyrrole nitrogens is 1. The highest BCUT2D eigenvalue weighted by Crippen LogP contribution is 2.40. The SMILES string of the molecule is COc1cccc(-c2n[nH]c3c2CC(=O)N(CC2CCOCC2)C3)c1OC. The third-order valence-corrected chi connectivity index (χ3v) is 5.46. The normalized spacial score (nSPS) is 17.7. The van der Waals surface area contributed by atoms with Gasteiger partial charge in [0, 0.05) is 30.9 Å². The van der Waals surface area contributed by atoms with Crippen LogP contribution in [-0.2, 0) is 22.5 Å². The van der Waals surface area contributed by atoms with Crippen LogP contribution in [0.1, 0.15) is 24.1 Å². The molecular weight excluding hydrogens is 346 g/mol. The minimum Gasteiger partial charge on any atom is -0.493 e. The van der Waals surface area contributed by atoms with Crippen LogP contribution in [0.15, 0.2) is 18.2 Å². The van der Waals surface area contributed by atoms with Crippen molar-refractivity contribution >= 4 is 5.91 Å². The summed E-state index contributed by atoms with van der Waals surface area (Å²) in [6.45, 7) is 2.95. The van der Waals surface area contributed by atoms with Gasteiger partial charge in [0.1, 0.15) is 0 Å². The van der Waals surface area contributed by atoms with Crippen LogP contribution in [0.5, 0.6) is 11.5 Å². The number of nitrogens with one attached hydrogen (secondary N) is 1. The van der Waals surface area contributed by atoms with Crippen LogP contribution in [0.25, 0.3) is 11.3 Å². The van der Waals surface area contributed by atoms with Gasteiger partial charge >= 0.3 is 0 Å². The number of aromatic amines is 1. The van der Waals surface area contributed by atoms with E-state index in [4.69, 9.17) is 14.2 Å². The number of amides is 1. The monoisotopic (exact) mass is 371 g/mol. The topological polar surface area (TPSA) is 76.7 Å². The zero-order valence-corrected chi connectivity index (χ0v) is 15.8. The van der Waals surface area contributed by atoms with E-state index >= 15 is 0 Å². The molecule has 0 radical (unpaired) electrons. The van der Waals surface area contributed by atoms with Crippen LogP contribution in [0, 0.1) is 5.92 Å². The smallest absolute Gasteiger partial charge is 0.227 e. The maximum absolute atomic E-state index is 12.8. The lowest BCUT2D eigenvalue weighted by atomic mass is 9.95. The minimum absolute atomic E-state index is 0.151. The van der Waals surface area contributed by atoms with Gasteiger partial charge in [-0.15, -0.1) is 0 Å². The maximum atomic E-state index is 12.8. The fourth-order valence-electron chi connectivity index (χ4n) is 3.97. The molecule has 0 aliphatic carbocycles. The van der Waals surface area contributed by atoms with E-state index in [9.17, 15) is 4.79 Å². The summed E-state index contributed by atoms with van der Waals surface area (Å²) in [5, 5.41) is 7.64. The number of hydrogen-bond acceptors (Lipinski definition) is 5. The number of carbonyl (C=O) groups is 1. The van der Waals surface area contributed by atoms with E-state index < -0.39 is 0 Å². The summed E-state index contributed by atoms with van der Waals surface area (Å²) >= 11 is 0. The largest absolute Gasteiger partial charge is 0.493 e. The molecule has 1 fully saturated rings. The number of nitrogens with zero attached hydrogens (tertiary/aromatic N) is 2. The number of rotatable bonds is 5. The van der Waals surface area contributed by atoms with Crippen molar-refractivity contribution in [2.45, 2.75) is 25.8 Å². The second kappa shape index (κ2) is 7.60. The van der Waals surface area contributed by atoms with Gasteiger partial charge in [-0.2, -0.15) is 5.10 Å². The number of hydrogen-bond donors (Lipinski definition) is 1. The van der Waals surface area contributed by atoms with Crippen LogP contribution in [0.2, 0.25) is 0 Å². The summed E-state index contributed by atoms with van der Waals surface area (Å²) in [7, 11) is 3.22. The lowest BCUT2D eigenvalue weighted by Gasteiger charge is -2.32. The highest BCUT2D eigenvalue weighted by Gasteiger charge is 2.31. The van der Waals surface area contributed by atoms with E-state index in [2.05, 4.69) is 10.2 Å². The zero-order chi connectivity index (χ0) is 18.8. The van der Waals surface area contributed by atoms with Crippen molar-refractivity contribution in [2.24, 2.45) is 5.92 Å². The van der Waals surface area contributed by atoms with Crippen molar-refractivity contribution in [3.05, 3.63) is 29.5 Å². The lowest BCUT2D eigenvalue weighted by molar-refractivity contribution is -0.133. The Morgan fingerprint density at radius 3 is 2.81 bits per heavy atom. The summed E-state index contributed by atoms with van der Waals surface area (Å²) in [6, 6.07) is 5.69. The van der Waals surface area contributed by atoms with E-state index in [-0.39, 0.29) is 5.91 Å². The standard InChI is InChI=1S/C20H25N3O4/c1-25-17-5-3-4-14(20(17)26-2)19-15-10-18(24)23(12-16(15)21-22-19)11-13-6-8-27-9-7-13/h3-5,13H,6-12H2,1-2H3,(H,21,22). The zero-order valence-electron chi connectivity index (χ0n) is 15.8. The summed E-state index contributed by atoms with van der Waals surface area (Å²) in [5.41, 5.74) is 3.55. The van der Waals surface area contributed by atoms with Crippen LogP contribution < -0.4 is 9.47 Å². The van der Waals surface area contributed by atoms with Crippen molar-refractivity contribution in [1.82, 2.24) is 15.1 Å². The number of ether oxygens (including phenoxy) is 3. The molecule has 1 N–H and O–H groups in total. The van der Waals surface area contributed by atoms with Gasteiger partial charge in [0.05, 0.1) is 38.6 Å². The van der Waals surface area contributed by atoms with Gasteiger partial charge in [-0.1, -0.05) is 6.07 Å². The highest BCUT2D eigenvalue weighted by molar-refractivity contribution is 5.85. The minimum atomic E-state index is 0.151. The number of fused-ring (bicyclic) bond motifs is 1. The number of benzene rings is 1. The second-order valence-electron chi connectivity index (χ2n) is 7.08. The van der Waals surface area contributed by atoms with Crippen LogP contribution in [0.3, 0.4) is 0 Å². The third-order valence-electron chi connectivity index (χ3n) is 5.46. The average molecular weight is 371 g/mol. The van der Waals surface area contributed by atoms with Crippen molar-refractivity contribution < 1.29 is 19.0 Å². The Labute approximate surface area is 158 Å². The second-order valence-corrected chi connectivity index (χ2v) is 7.08. The van der Waals surface area contributed by atoms with Gasteiger partial charge < -0.3 is 19.1 Å². The Hall–Kier alpha value is -2.54. The van der Waals surface area contributed by atoms with Crippen LogP contribution in [0.4, 0.5) is 0 Å². The predicted octanol–water partition coefficient (Wildman–Crippen LogP) is 2.41. The van der Waals surface area contributed by atoms with E-state index in [1.165, 1.54) is 0 Å². The van der Waals surface area contributed by atoms with E-state index in [0.29, 0.717) is 30.4 Å². The van der Waals surface area contributed by atoms with E-state index in [1.54, 1.807) is 14.2 Å². The molecule has 2 aliphatic rings. The molecule has 1 aromatic carbocycles. The molecule has 7 nitrogen and oxygen atoms in total. The van der Waals surface area contributed by atoms with E-state index in [0.717, 1.165) is 55.1 Å². The van der Waals surface area contributed by atoms with Gasteiger partial charge in [0.2, 0.25) is 5.91 Å². The Kier molecular flexibility index (Phi) is 5.03. The fourth-order valence-corrected chi connectivity index (χ4v) is 3.97. The number of para-hydroxylation sites is 1. The molecular formula is C20H25N3O4. The first-order valence-corrected chi connectivity index (χ1v) is 9.34. The Balaban J connectivity index is 1.60. The lowest BCUT2D eigenvalue weighted by Crippen LogP contribution is -2.40. The molecule has 1 aromatic heterocycles. The van der Waals surface area contributed by atoms with Crippen molar-refractivity contribution in [2.75, 3.05) is 34.0 Å².